The molecular formula is C10H16N2O. The van der Waals surface area contributed by atoms with Crippen LogP contribution in [-0.4, -0.2) is 7.11 Å². The first-order chi connectivity index (χ1) is 6.19. The molecule has 1 aromatic rings. The fourth-order valence-electron chi connectivity index (χ4n) is 1.44. The maximum absolute atomic E-state index is 5.76. The van der Waals surface area contributed by atoms with Gasteiger partial charge in [0, 0.05) is 5.69 Å². The minimum atomic E-state index is 0.617. The van der Waals surface area contributed by atoms with Crippen molar-refractivity contribution in [1.29, 1.82) is 0 Å². The van der Waals surface area contributed by atoms with E-state index in [4.69, 9.17) is 16.2 Å². The van der Waals surface area contributed by atoms with Gasteiger partial charge in [0.1, 0.15) is 5.75 Å². The number of aryl methyl sites for hydroxylation is 1. The molecule has 0 aliphatic rings. The van der Waals surface area contributed by atoms with Gasteiger partial charge in [-0.3, -0.25) is 0 Å². The molecule has 1 aromatic carbocycles. The molecule has 3 nitrogen and oxygen atoms in total. The molecule has 0 atom stereocenters. The first-order valence-electron chi connectivity index (χ1n) is 4.41. The van der Waals surface area contributed by atoms with Gasteiger partial charge < -0.3 is 16.2 Å². The van der Waals surface area contributed by atoms with Crippen molar-refractivity contribution in [2.75, 3.05) is 18.6 Å². The van der Waals surface area contributed by atoms with Crippen LogP contribution in [0.15, 0.2) is 12.1 Å². The summed E-state index contributed by atoms with van der Waals surface area (Å²) in [5.41, 5.74) is 13.8. The Bertz CT molecular complexity index is 297. The third-order valence-electron chi connectivity index (χ3n) is 1.94. The minimum absolute atomic E-state index is 0.617. The average molecular weight is 180 g/mol. The van der Waals surface area contributed by atoms with Crippen LogP contribution in [0.2, 0.25) is 0 Å². The molecule has 1 rings (SSSR count). The second kappa shape index (κ2) is 4.03. The van der Waals surface area contributed by atoms with Crippen molar-refractivity contribution >= 4 is 11.4 Å². The van der Waals surface area contributed by atoms with Crippen molar-refractivity contribution in [1.82, 2.24) is 0 Å². The van der Waals surface area contributed by atoms with Crippen LogP contribution in [0.1, 0.15) is 18.9 Å². The normalized spacial score (nSPS) is 10.0. The fourth-order valence-corrected chi connectivity index (χ4v) is 1.44. The van der Waals surface area contributed by atoms with Gasteiger partial charge in [-0.25, -0.2) is 0 Å². The lowest BCUT2D eigenvalue weighted by Crippen LogP contribution is -1.99. The zero-order valence-corrected chi connectivity index (χ0v) is 8.13. The van der Waals surface area contributed by atoms with Gasteiger partial charge in [0.25, 0.3) is 0 Å². The van der Waals surface area contributed by atoms with Crippen molar-refractivity contribution in [3.8, 4) is 5.75 Å². The zero-order valence-electron chi connectivity index (χ0n) is 8.13. The lowest BCUT2D eigenvalue weighted by atomic mass is 10.1. The number of hydrogen-bond donors (Lipinski definition) is 2. The van der Waals surface area contributed by atoms with Crippen LogP contribution in [0.5, 0.6) is 5.75 Å². The van der Waals surface area contributed by atoms with Crippen LogP contribution in [-0.2, 0) is 6.42 Å². The molecule has 3 heteroatoms. The molecule has 0 saturated carbocycles. The molecule has 4 N–H and O–H groups in total. The number of hydrogen-bond acceptors (Lipinski definition) is 3. The van der Waals surface area contributed by atoms with E-state index in [2.05, 4.69) is 6.92 Å². The van der Waals surface area contributed by atoms with Gasteiger partial charge in [-0.05, 0) is 24.1 Å². The number of ether oxygens (including phenoxy) is 1. The van der Waals surface area contributed by atoms with E-state index in [0.717, 1.165) is 24.2 Å². The lowest BCUT2D eigenvalue weighted by molar-refractivity contribution is 0.411. The van der Waals surface area contributed by atoms with Crippen molar-refractivity contribution in [3.05, 3.63) is 17.7 Å². The standard InChI is InChI=1S/C10H16N2O/c1-3-4-7-5-8(11)6-9(12)10(7)13-2/h5-6H,3-4,11-12H2,1-2H3. The van der Waals surface area contributed by atoms with Gasteiger partial charge in [0.05, 0.1) is 12.8 Å². The van der Waals surface area contributed by atoms with E-state index < -0.39 is 0 Å². The first kappa shape index (κ1) is 9.71. The number of rotatable bonds is 3. The van der Waals surface area contributed by atoms with Crippen molar-refractivity contribution in [3.63, 3.8) is 0 Å². The molecule has 0 fully saturated rings. The van der Waals surface area contributed by atoms with E-state index in [-0.39, 0.29) is 0 Å². The highest BCUT2D eigenvalue weighted by molar-refractivity contribution is 5.64. The maximum Gasteiger partial charge on any atom is 0.145 e. The molecule has 0 heterocycles. The van der Waals surface area contributed by atoms with Crippen LogP contribution in [0.25, 0.3) is 0 Å². The Morgan fingerprint density at radius 3 is 2.54 bits per heavy atom. The van der Waals surface area contributed by atoms with Gasteiger partial charge in [-0.2, -0.15) is 0 Å². The van der Waals surface area contributed by atoms with E-state index >= 15 is 0 Å². The summed E-state index contributed by atoms with van der Waals surface area (Å²) in [6.45, 7) is 2.11. The fraction of sp³-hybridized carbons (Fsp3) is 0.400. The second-order valence-corrected chi connectivity index (χ2v) is 3.05. The largest absolute Gasteiger partial charge is 0.494 e. The summed E-state index contributed by atoms with van der Waals surface area (Å²) in [7, 11) is 1.63. The van der Waals surface area contributed by atoms with Crippen LogP contribution >= 0.6 is 0 Å². The monoisotopic (exact) mass is 180 g/mol. The maximum atomic E-state index is 5.76. The summed E-state index contributed by atoms with van der Waals surface area (Å²) in [5, 5.41) is 0. The molecule has 0 radical (unpaired) electrons. The molecule has 0 unspecified atom stereocenters. The lowest BCUT2D eigenvalue weighted by Gasteiger charge is -2.11. The third kappa shape index (κ3) is 2.05. The molecular weight excluding hydrogens is 164 g/mol. The highest BCUT2D eigenvalue weighted by Gasteiger charge is 2.06. The second-order valence-electron chi connectivity index (χ2n) is 3.05. The van der Waals surface area contributed by atoms with E-state index in [9.17, 15) is 0 Å². The number of methoxy groups -OCH3 is 1. The quantitative estimate of drug-likeness (QED) is 0.697. The van der Waals surface area contributed by atoms with Crippen molar-refractivity contribution in [2.24, 2.45) is 0 Å². The van der Waals surface area contributed by atoms with Gasteiger partial charge in [-0.15, -0.1) is 0 Å². The molecule has 0 aromatic heterocycles. The van der Waals surface area contributed by atoms with Crippen molar-refractivity contribution < 1.29 is 4.74 Å². The molecule has 0 aliphatic carbocycles. The third-order valence-corrected chi connectivity index (χ3v) is 1.94. The Hall–Kier alpha value is -1.38. The predicted octanol–water partition coefficient (Wildman–Crippen LogP) is 1.81. The predicted molar refractivity (Wildman–Crippen MR) is 55.8 cm³/mol. The smallest absolute Gasteiger partial charge is 0.145 e. The average Bonchev–Trinajstić information content (AvgIpc) is 2.04. The molecule has 0 spiro atoms. The summed E-state index contributed by atoms with van der Waals surface area (Å²) in [6.07, 6.45) is 2.00. The topological polar surface area (TPSA) is 61.3 Å². The SMILES string of the molecule is CCCc1cc(N)cc(N)c1OC. The highest BCUT2D eigenvalue weighted by Crippen LogP contribution is 2.29. The molecule has 0 saturated heterocycles. The molecule has 0 aliphatic heterocycles. The number of benzene rings is 1. The first-order valence-corrected chi connectivity index (χ1v) is 4.41. The summed E-state index contributed by atoms with van der Waals surface area (Å²) >= 11 is 0. The molecule has 72 valence electrons. The zero-order chi connectivity index (χ0) is 9.84. The molecule has 13 heavy (non-hydrogen) atoms. The van der Waals surface area contributed by atoms with E-state index in [1.807, 2.05) is 6.07 Å². The highest BCUT2D eigenvalue weighted by atomic mass is 16.5. The van der Waals surface area contributed by atoms with Gasteiger partial charge in [0.2, 0.25) is 0 Å². The number of nitrogen functional groups attached to an aromatic ring is 2. The van der Waals surface area contributed by atoms with Crippen LogP contribution < -0.4 is 16.2 Å². The Balaban J connectivity index is 3.13. The summed E-state index contributed by atoms with van der Waals surface area (Å²) in [5.74, 6) is 0.760. The van der Waals surface area contributed by atoms with E-state index in [1.54, 1.807) is 13.2 Å². The van der Waals surface area contributed by atoms with Crippen LogP contribution in [0, 0.1) is 0 Å². The summed E-state index contributed by atoms with van der Waals surface area (Å²) in [6, 6.07) is 3.64. The molecule has 0 amide bonds. The number of anilines is 2. The Morgan fingerprint density at radius 2 is 2.00 bits per heavy atom. The Kier molecular flexibility index (Phi) is 3.01. The van der Waals surface area contributed by atoms with Crippen LogP contribution in [0.3, 0.4) is 0 Å². The van der Waals surface area contributed by atoms with Gasteiger partial charge >= 0.3 is 0 Å². The van der Waals surface area contributed by atoms with Crippen LogP contribution in [0.4, 0.5) is 11.4 Å². The molecule has 0 bridgehead atoms. The van der Waals surface area contributed by atoms with Gasteiger partial charge in [0.15, 0.2) is 0 Å². The Morgan fingerprint density at radius 1 is 1.31 bits per heavy atom. The number of nitrogens with two attached hydrogens (primary N) is 2. The van der Waals surface area contributed by atoms with E-state index in [1.165, 1.54) is 0 Å². The van der Waals surface area contributed by atoms with Gasteiger partial charge in [-0.1, -0.05) is 13.3 Å². The van der Waals surface area contributed by atoms with Crippen molar-refractivity contribution in [2.45, 2.75) is 19.8 Å². The minimum Gasteiger partial charge on any atom is -0.494 e. The summed E-state index contributed by atoms with van der Waals surface area (Å²) in [4.78, 5) is 0. The summed E-state index contributed by atoms with van der Waals surface area (Å²) < 4.78 is 5.20. The Labute approximate surface area is 78.7 Å². The van der Waals surface area contributed by atoms with E-state index in [0.29, 0.717) is 11.4 Å².